The first kappa shape index (κ1) is 11.4. The van der Waals surface area contributed by atoms with Gasteiger partial charge in [0.2, 0.25) is 0 Å². The van der Waals surface area contributed by atoms with Gasteiger partial charge in [0.05, 0.1) is 6.10 Å². The van der Waals surface area contributed by atoms with Gasteiger partial charge >= 0.3 is 5.97 Å². The Morgan fingerprint density at radius 3 is 2.57 bits per heavy atom. The summed E-state index contributed by atoms with van der Waals surface area (Å²) >= 11 is 0. The number of ether oxygens (including phenoxy) is 1. The Morgan fingerprint density at radius 2 is 2.07 bits per heavy atom. The van der Waals surface area contributed by atoms with Gasteiger partial charge in [0.1, 0.15) is 0 Å². The van der Waals surface area contributed by atoms with E-state index in [-0.39, 0.29) is 12.1 Å². The van der Waals surface area contributed by atoms with Crippen LogP contribution in [0, 0.1) is 0 Å². The average Bonchev–Trinajstić information content (AvgIpc) is 2.08. The summed E-state index contributed by atoms with van der Waals surface area (Å²) < 4.78 is 5.08. The molecule has 1 saturated carbocycles. The van der Waals surface area contributed by atoms with Crippen molar-refractivity contribution >= 4 is 5.97 Å². The van der Waals surface area contributed by atoms with Gasteiger partial charge in [0, 0.05) is 13.0 Å². The maximum atomic E-state index is 10.6. The van der Waals surface area contributed by atoms with E-state index in [9.17, 15) is 9.90 Å². The van der Waals surface area contributed by atoms with E-state index in [1.165, 1.54) is 0 Å². The molecule has 0 spiro atoms. The van der Waals surface area contributed by atoms with Gasteiger partial charge in [-0.1, -0.05) is 12.8 Å². The number of aliphatic carboxylic acids is 1. The first-order valence-electron chi connectivity index (χ1n) is 4.82. The van der Waals surface area contributed by atoms with E-state index < -0.39 is 11.8 Å². The molecule has 1 rings (SSSR count). The molecular formula is C9H17NO4. The first-order chi connectivity index (χ1) is 6.43. The van der Waals surface area contributed by atoms with Crippen LogP contribution in [0.4, 0.5) is 0 Å². The summed E-state index contributed by atoms with van der Waals surface area (Å²) in [6.45, 7) is 1.12. The van der Waals surface area contributed by atoms with Crippen molar-refractivity contribution in [2.75, 3.05) is 0 Å². The summed E-state index contributed by atoms with van der Waals surface area (Å²) in [6, 6.07) is -0.172. The summed E-state index contributed by atoms with van der Waals surface area (Å²) in [5.41, 5.74) is 5.76. The van der Waals surface area contributed by atoms with Crippen LogP contribution in [0.15, 0.2) is 0 Å². The summed E-state index contributed by atoms with van der Waals surface area (Å²) in [4.78, 5) is 10.6. The molecule has 0 aliphatic heterocycles. The first-order valence-corrected chi connectivity index (χ1v) is 4.82. The molecule has 0 aromatic heterocycles. The molecule has 5 heteroatoms. The van der Waals surface area contributed by atoms with Gasteiger partial charge in [-0.05, 0) is 12.8 Å². The van der Waals surface area contributed by atoms with Crippen LogP contribution in [0.2, 0.25) is 0 Å². The zero-order valence-corrected chi connectivity index (χ0v) is 8.27. The second-order valence-electron chi connectivity index (χ2n) is 3.89. The van der Waals surface area contributed by atoms with Gasteiger partial charge in [-0.3, -0.25) is 0 Å². The lowest BCUT2D eigenvalue weighted by molar-refractivity contribution is -0.236. The van der Waals surface area contributed by atoms with Gasteiger partial charge in [-0.15, -0.1) is 0 Å². The van der Waals surface area contributed by atoms with Crippen molar-refractivity contribution in [2.24, 2.45) is 5.73 Å². The number of hydrogen-bond acceptors (Lipinski definition) is 4. The second kappa shape index (κ2) is 4.25. The van der Waals surface area contributed by atoms with Gasteiger partial charge in [-0.25, -0.2) is 4.79 Å². The third-order valence-electron chi connectivity index (χ3n) is 2.53. The Kier molecular flexibility index (Phi) is 3.47. The molecule has 0 amide bonds. The third-order valence-corrected chi connectivity index (χ3v) is 2.53. The molecule has 1 aliphatic rings. The molecule has 1 fully saturated rings. The molecule has 0 aromatic carbocycles. The molecule has 3 atom stereocenters. The number of carboxylic acid groups (broad SMARTS) is 1. The van der Waals surface area contributed by atoms with Gasteiger partial charge < -0.3 is 20.7 Å². The largest absolute Gasteiger partial charge is 0.477 e. The van der Waals surface area contributed by atoms with Crippen molar-refractivity contribution < 1.29 is 19.7 Å². The molecule has 0 aromatic rings. The molecule has 4 N–H and O–H groups in total. The van der Waals surface area contributed by atoms with Crippen molar-refractivity contribution in [1.82, 2.24) is 0 Å². The van der Waals surface area contributed by atoms with Crippen LogP contribution >= 0.6 is 0 Å². The zero-order valence-electron chi connectivity index (χ0n) is 8.27. The predicted octanol–water partition coefficient (Wildman–Crippen LogP) is 0.0660. The quantitative estimate of drug-likeness (QED) is 0.564. The minimum Gasteiger partial charge on any atom is -0.477 e. The number of carboxylic acids is 1. The van der Waals surface area contributed by atoms with Crippen LogP contribution in [-0.4, -0.2) is 34.1 Å². The SMILES string of the molecule is C[C@@](O)(OC1CCCC[C@@H]1N)C(=O)O. The van der Waals surface area contributed by atoms with Crippen molar-refractivity contribution in [3.63, 3.8) is 0 Å². The van der Waals surface area contributed by atoms with Crippen LogP contribution < -0.4 is 5.73 Å². The lowest BCUT2D eigenvalue weighted by atomic mass is 9.93. The fraction of sp³-hybridized carbons (Fsp3) is 0.889. The van der Waals surface area contributed by atoms with Gasteiger partial charge in [0.15, 0.2) is 0 Å². The van der Waals surface area contributed by atoms with Crippen LogP contribution in [0.5, 0.6) is 0 Å². The molecule has 0 bridgehead atoms. The van der Waals surface area contributed by atoms with E-state index in [0.29, 0.717) is 6.42 Å². The zero-order chi connectivity index (χ0) is 10.8. The summed E-state index contributed by atoms with van der Waals surface area (Å²) in [6.07, 6.45) is 3.18. The smallest absolute Gasteiger partial charge is 0.363 e. The van der Waals surface area contributed by atoms with E-state index in [0.717, 1.165) is 26.2 Å². The summed E-state index contributed by atoms with van der Waals surface area (Å²) in [7, 11) is 0. The molecule has 0 radical (unpaired) electrons. The lowest BCUT2D eigenvalue weighted by Crippen LogP contribution is -2.48. The van der Waals surface area contributed by atoms with E-state index in [2.05, 4.69) is 0 Å². The molecule has 5 nitrogen and oxygen atoms in total. The van der Waals surface area contributed by atoms with Crippen LogP contribution in [0.1, 0.15) is 32.6 Å². The van der Waals surface area contributed by atoms with Crippen molar-refractivity contribution in [3.05, 3.63) is 0 Å². The monoisotopic (exact) mass is 203 g/mol. The molecule has 0 saturated heterocycles. The maximum Gasteiger partial charge on any atom is 0.363 e. The molecule has 82 valence electrons. The van der Waals surface area contributed by atoms with Crippen LogP contribution in [0.3, 0.4) is 0 Å². The minimum absolute atomic E-state index is 0.172. The van der Waals surface area contributed by atoms with E-state index in [4.69, 9.17) is 15.6 Å². The highest BCUT2D eigenvalue weighted by molar-refractivity contribution is 5.74. The molecular weight excluding hydrogens is 186 g/mol. The standard InChI is InChI=1S/C9H17NO4/c1-9(13,8(11)12)14-7-5-3-2-4-6(7)10/h6-7,13H,2-5,10H2,1H3,(H,11,12)/t6-,7?,9+/m0/s1. The Hall–Kier alpha value is -0.650. The topological polar surface area (TPSA) is 92.8 Å². The fourth-order valence-electron chi connectivity index (χ4n) is 1.62. The molecule has 0 heterocycles. The van der Waals surface area contributed by atoms with E-state index in [1.807, 2.05) is 0 Å². The number of rotatable bonds is 3. The third kappa shape index (κ3) is 2.67. The second-order valence-corrected chi connectivity index (χ2v) is 3.89. The van der Waals surface area contributed by atoms with E-state index in [1.54, 1.807) is 0 Å². The maximum absolute atomic E-state index is 10.6. The summed E-state index contributed by atoms with van der Waals surface area (Å²) in [5.74, 6) is -3.50. The van der Waals surface area contributed by atoms with Crippen LogP contribution in [-0.2, 0) is 9.53 Å². The van der Waals surface area contributed by atoms with Crippen molar-refractivity contribution in [2.45, 2.75) is 50.5 Å². The normalized spacial score (nSPS) is 32.2. The lowest BCUT2D eigenvalue weighted by Gasteiger charge is -2.32. The highest BCUT2D eigenvalue weighted by Gasteiger charge is 2.36. The van der Waals surface area contributed by atoms with E-state index >= 15 is 0 Å². The number of carbonyl (C=O) groups is 1. The number of aliphatic hydroxyl groups is 1. The molecule has 1 unspecified atom stereocenters. The van der Waals surface area contributed by atoms with Gasteiger partial charge in [0.25, 0.3) is 5.79 Å². The van der Waals surface area contributed by atoms with Gasteiger partial charge in [-0.2, -0.15) is 0 Å². The predicted molar refractivity (Wildman–Crippen MR) is 49.6 cm³/mol. The minimum atomic E-state index is -2.13. The molecule has 14 heavy (non-hydrogen) atoms. The summed E-state index contributed by atoms with van der Waals surface area (Å²) in [5, 5.41) is 18.0. The highest BCUT2D eigenvalue weighted by Crippen LogP contribution is 2.23. The van der Waals surface area contributed by atoms with Crippen LogP contribution in [0.25, 0.3) is 0 Å². The average molecular weight is 203 g/mol. The fourth-order valence-corrected chi connectivity index (χ4v) is 1.62. The molecule has 1 aliphatic carbocycles. The Bertz CT molecular complexity index is 217. The Labute approximate surface area is 82.9 Å². The Morgan fingerprint density at radius 1 is 1.50 bits per heavy atom. The Balaban J connectivity index is 2.53. The van der Waals surface area contributed by atoms with Crippen molar-refractivity contribution in [3.8, 4) is 0 Å². The number of hydrogen-bond donors (Lipinski definition) is 3. The van der Waals surface area contributed by atoms with Crippen molar-refractivity contribution in [1.29, 1.82) is 0 Å². The number of nitrogens with two attached hydrogens (primary N) is 1. The highest BCUT2D eigenvalue weighted by atomic mass is 16.7.